The van der Waals surface area contributed by atoms with Gasteiger partial charge in [0.25, 0.3) is 0 Å². The quantitative estimate of drug-likeness (QED) is 0.469. The lowest BCUT2D eigenvalue weighted by Crippen LogP contribution is -2.25. The topological polar surface area (TPSA) is 46.3 Å². The van der Waals surface area contributed by atoms with Gasteiger partial charge in [-0.1, -0.05) is 0 Å². The van der Waals surface area contributed by atoms with Crippen LogP contribution in [0.3, 0.4) is 0 Å². The summed E-state index contributed by atoms with van der Waals surface area (Å²) in [5.74, 6) is 0.543. The number of nitrogens with zero attached hydrogens (tertiary/aromatic N) is 2. The molecule has 0 bridgehead atoms. The van der Waals surface area contributed by atoms with Crippen molar-refractivity contribution in [2.45, 2.75) is 11.0 Å². The van der Waals surface area contributed by atoms with Crippen LogP contribution in [-0.4, -0.2) is 22.8 Å². The Morgan fingerprint density at radius 1 is 1.83 bits per heavy atom. The van der Waals surface area contributed by atoms with E-state index < -0.39 is 0 Å². The first-order valence-corrected chi connectivity index (χ1v) is 4.64. The predicted molar refractivity (Wildman–Crippen MR) is 51.7 cm³/mol. The number of carbonyl (C=O) groups excluding carboxylic acids is 1. The summed E-state index contributed by atoms with van der Waals surface area (Å²) >= 11 is 2.09. The normalized spacial score (nSPS) is 12.6. The van der Waals surface area contributed by atoms with Crippen LogP contribution in [-0.2, 0) is 4.79 Å². The summed E-state index contributed by atoms with van der Waals surface area (Å²) in [4.78, 5) is 16.4. The van der Waals surface area contributed by atoms with Crippen LogP contribution in [0.25, 0.3) is 0 Å². The summed E-state index contributed by atoms with van der Waals surface area (Å²) in [6, 6.07) is 0. The summed E-state index contributed by atoms with van der Waals surface area (Å²) in [5, 5.41) is 0. The van der Waals surface area contributed by atoms with Gasteiger partial charge in [-0.15, -0.1) is 0 Å². The highest BCUT2D eigenvalue weighted by molar-refractivity contribution is 14.1. The molecule has 5 heteroatoms. The molecule has 0 aliphatic rings. The molecule has 1 atom stereocenters. The number of alkyl halides is 1. The number of oxazole rings is 1. The zero-order valence-corrected chi connectivity index (χ0v) is 8.98. The van der Waals surface area contributed by atoms with Gasteiger partial charge in [0.15, 0.2) is 4.05 Å². The molecule has 0 unspecified atom stereocenters. The molecule has 1 heterocycles. The minimum atomic E-state index is -0.130. The molecule has 0 aliphatic carbocycles. The van der Waals surface area contributed by atoms with Gasteiger partial charge in [0.1, 0.15) is 6.26 Å². The van der Waals surface area contributed by atoms with Crippen molar-refractivity contribution in [2.75, 3.05) is 7.05 Å². The second-order valence-electron chi connectivity index (χ2n) is 2.34. The van der Waals surface area contributed by atoms with E-state index in [0.717, 1.165) is 0 Å². The maximum absolute atomic E-state index is 10.9. The van der Waals surface area contributed by atoms with Crippen LogP contribution in [0.4, 0.5) is 0 Å². The van der Waals surface area contributed by atoms with E-state index >= 15 is 0 Å². The molecular formula is C7H9IN2O2. The molecule has 0 saturated heterocycles. The highest BCUT2D eigenvalue weighted by Crippen LogP contribution is 2.24. The molecule has 1 aromatic heterocycles. The summed E-state index contributed by atoms with van der Waals surface area (Å²) in [5.41, 5.74) is 0. The van der Waals surface area contributed by atoms with Gasteiger partial charge < -0.3 is 9.32 Å². The lowest BCUT2D eigenvalue weighted by atomic mass is 10.5. The fraction of sp³-hybridized carbons (Fsp3) is 0.429. The Labute approximate surface area is 84.1 Å². The molecule has 0 saturated carbocycles. The average Bonchev–Trinajstić information content (AvgIpc) is 2.53. The molecule has 66 valence electrons. The van der Waals surface area contributed by atoms with E-state index in [1.54, 1.807) is 18.1 Å². The highest BCUT2D eigenvalue weighted by atomic mass is 127. The van der Waals surface area contributed by atoms with Crippen molar-refractivity contribution >= 4 is 28.5 Å². The zero-order chi connectivity index (χ0) is 9.14. The van der Waals surface area contributed by atoms with Gasteiger partial charge in [0.2, 0.25) is 11.8 Å². The van der Waals surface area contributed by atoms with Crippen LogP contribution in [0.5, 0.6) is 0 Å². The van der Waals surface area contributed by atoms with Crippen LogP contribution in [0, 0.1) is 0 Å². The molecule has 0 spiro atoms. The van der Waals surface area contributed by atoms with Gasteiger partial charge in [-0.3, -0.25) is 4.79 Å². The summed E-state index contributed by atoms with van der Waals surface area (Å²) < 4.78 is 4.92. The first kappa shape index (κ1) is 9.50. The average molecular weight is 280 g/mol. The molecule has 1 rings (SSSR count). The minimum Gasteiger partial charge on any atom is -0.446 e. The van der Waals surface area contributed by atoms with E-state index in [-0.39, 0.29) is 9.96 Å². The number of hydrogen-bond acceptors (Lipinski definition) is 3. The molecule has 0 aliphatic heterocycles. The summed E-state index contributed by atoms with van der Waals surface area (Å²) in [6.07, 6.45) is 3.06. The van der Waals surface area contributed by atoms with Crippen LogP contribution < -0.4 is 0 Å². The number of rotatable bonds is 2. The third-order valence-corrected chi connectivity index (χ3v) is 2.86. The van der Waals surface area contributed by atoms with Crippen molar-refractivity contribution < 1.29 is 9.21 Å². The molecule has 0 aromatic carbocycles. The van der Waals surface area contributed by atoms with E-state index in [1.165, 1.54) is 13.2 Å². The number of aromatic nitrogens is 1. The van der Waals surface area contributed by atoms with Crippen LogP contribution >= 0.6 is 22.6 Å². The fourth-order valence-electron chi connectivity index (χ4n) is 0.677. The van der Waals surface area contributed by atoms with E-state index in [2.05, 4.69) is 27.6 Å². The van der Waals surface area contributed by atoms with Crippen LogP contribution in [0.1, 0.15) is 16.9 Å². The van der Waals surface area contributed by atoms with Crippen molar-refractivity contribution in [2.24, 2.45) is 0 Å². The monoisotopic (exact) mass is 280 g/mol. The van der Waals surface area contributed by atoms with E-state index in [1.807, 2.05) is 0 Å². The Kier molecular flexibility index (Phi) is 3.07. The SMILES string of the molecule is CC(=O)N(C)[C@@H](I)c1ncco1. The smallest absolute Gasteiger partial charge is 0.227 e. The molecule has 12 heavy (non-hydrogen) atoms. The number of hydrogen-bond donors (Lipinski definition) is 0. The number of carbonyl (C=O) groups is 1. The number of amides is 1. The highest BCUT2D eigenvalue weighted by Gasteiger charge is 2.18. The van der Waals surface area contributed by atoms with E-state index in [4.69, 9.17) is 4.42 Å². The third-order valence-electron chi connectivity index (χ3n) is 1.49. The standard InChI is InChI=1S/C7H9IN2O2/c1-5(11)10(2)6(8)7-9-3-4-12-7/h3-4,6H,1-2H3/t6-/m1/s1. The second kappa shape index (κ2) is 3.88. The molecule has 0 radical (unpaired) electrons. The van der Waals surface area contributed by atoms with Crippen molar-refractivity contribution in [3.8, 4) is 0 Å². The van der Waals surface area contributed by atoms with Crippen LogP contribution in [0.2, 0.25) is 0 Å². The molecule has 1 amide bonds. The lowest BCUT2D eigenvalue weighted by Gasteiger charge is -2.18. The van der Waals surface area contributed by atoms with Gasteiger partial charge in [-0.25, -0.2) is 4.98 Å². The van der Waals surface area contributed by atoms with Crippen molar-refractivity contribution in [1.82, 2.24) is 9.88 Å². The van der Waals surface area contributed by atoms with Crippen LogP contribution in [0.15, 0.2) is 16.9 Å². The first-order chi connectivity index (χ1) is 5.63. The van der Waals surface area contributed by atoms with Gasteiger partial charge >= 0.3 is 0 Å². The van der Waals surface area contributed by atoms with Crippen molar-refractivity contribution in [1.29, 1.82) is 0 Å². The Morgan fingerprint density at radius 3 is 2.92 bits per heavy atom. The van der Waals surface area contributed by atoms with E-state index in [0.29, 0.717) is 5.89 Å². The van der Waals surface area contributed by atoms with E-state index in [9.17, 15) is 4.79 Å². The van der Waals surface area contributed by atoms with Crippen molar-refractivity contribution in [3.05, 3.63) is 18.4 Å². The Balaban J connectivity index is 2.71. The lowest BCUT2D eigenvalue weighted by molar-refractivity contribution is -0.128. The van der Waals surface area contributed by atoms with Gasteiger partial charge in [-0.2, -0.15) is 0 Å². The Bertz CT molecular complexity index is 260. The molecular weight excluding hydrogens is 271 g/mol. The second-order valence-corrected chi connectivity index (χ2v) is 3.52. The first-order valence-electron chi connectivity index (χ1n) is 3.40. The van der Waals surface area contributed by atoms with Crippen molar-refractivity contribution in [3.63, 3.8) is 0 Å². The summed E-state index contributed by atoms with van der Waals surface area (Å²) in [6.45, 7) is 1.51. The summed E-state index contributed by atoms with van der Waals surface area (Å²) in [7, 11) is 1.71. The maximum Gasteiger partial charge on any atom is 0.227 e. The molecule has 0 fully saturated rings. The van der Waals surface area contributed by atoms with Gasteiger partial charge in [0, 0.05) is 14.0 Å². The predicted octanol–water partition coefficient (Wildman–Crippen LogP) is 1.59. The van der Waals surface area contributed by atoms with Gasteiger partial charge in [-0.05, 0) is 22.6 Å². The third kappa shape index (κ3) is 1.96. The largest absolute Gasteiger partial charge is 0.446 e. The molecule has 0 N–H and O–H groups in total. The molecule has 1 aromatic rings. The number of halogens is 1. The molecule has 4 nitrogen and oxygen atoms in total. The van der Waals surface area contributed by atoms with Gasteiger partial charge in [0.05, 0.1) is 6.20 Å². The maximum atomic E-state index is 10.9. The Hall–Kier alpha value is -0.590. The Morgan fingerprint density at radius 2 is 2.50 bits per heavy atom. The fourth-order valence-corrected chi connectivity index (χ4v) is 1.38. The minimum absolute atomic E-state index is 0.00685. The zero-order valence-electron chi connectivity index (χ0n) is 6.82.